The number of thioether (sulfide) groups is 1. The van der Waals surface area contributed by atoms with Crippen LogP contribution in [-0.4, -0.2) is 31.2 Å². The third kappa shape index (κ3) is 4.94. The monoisotopic (exact) mass is 452 g/mol. The predicted molar refractivity (Wildman–Crippen MR) is 116 cm³/mol. The second-order valence-corrected chi connectivity index (χ2v) is 10.9. The van der Waals surface area contributed by atoms with Gasteiger partial charge in [-0.1, -0.05) is 24.6 Å². The van der Waals surface area contributed by atoms with Crippen molar-refractivity contribution in [1.29, 1.82) is 0 Å². The molecule has 0 radical (unpaired) electrons. The van der Waals surface area contributed by atoms with Crippen LogP contribution in [0, 0.1) is 12.8 Å². The van der Waals surface area contributed by atoms with E-state index in [2.05, 4.69) is 10.6 Å². The first-order chi connectivity index (χ1) is 13.6. The molecule has 9 heteroatoms. The maximum absolute atomic E-state index is 12.8. The smallest absolute Gasteiger partial charge is 0.237 e. The largest absolute Gasteiger partial charge is 0.325 e. The summed E-state index contributed by atoms with van der Waals surface area (Å²) in [4.78, 5) is 25.2. The number of carbonyl (C=O) groups excluding carboxylic acids is 2. The molecule has 0 fully saturated rings. The topological polar surface area (TPSA) is 92.3 Å². The molecule has 0 spiro atoms. The van der Waals surface area contributed by atoms with Crippen LogP contribution in [-0.2, 0) is 19.4 Å². The first-order valence-corrected chi connectivity index (χ1v) is 11.9. The lowest BCUT2D eigenvalue weighted by atomic mass is 10.2. The van der Waals surface area contributed by atoms with Crippen molar-refractivity contribution < 1.29 is 18.0 Å². The highest BCUT2D eigenvalue weighted by Crippen LogP contribution is 2.37. The number of halogens is 1. The van der Waals surface area contributed by atoms with E-state index in [4.69, 9.17) is 11.6 Å². The Hall–Kier alpha value is -2.03. The number of carbonyl (C=O) groups is 2. The maximum Gasteiger partial charge on any atom is 0.237 e. The van der Waals surface area contributed by atoms with Crippen LogP contribution in [0.4, 0.5) is 11.4 Å². The van der Waals surface area contributed by atoms with Crippen LogP contribution in [0.5, 0.6) is 0 Å². The number of fused-ring (bicyclic) bond motifs is 1. The maximum atomic E-state index is 12.8. The molecule has 0 aromatic heterocycles. The third-order valence-electron chi connectivity index (χ3n) is 4.54. The van der Waals surface area contributed by atoms with Gasteiger partial charge in [0.1, 0.15) is 0 Å². The number of hydrogen-bond acceptors (Lipinski definition) is 5. The van der Waals surface area contributed by atoms with Crippen molar-refractivity contribution in [2.24, 2.45) is 5.92 Å². The average molecular weight is 453 g/mol. The summed E-state index contributed by atoms with van der Waals surface area (Å²) >= 11 is 7.51. The Bertz CT molecular complexity index is 1090. The standard InChI is InChI=1S/C20H21ClN2O4S2/c1-11-4-6-16(15(21)8-11)22-19(24)12(2)10-29(26,27)14-5-7-18-17(9-14)23-20(25)13(3)28-18/h4-9,12-13H,10H2,1-3H3,(H,22,24)(H,23,25)/t12-,13-/m1/s1. The second kappa shape index (κ2) is 8.38. The normalized spacial score (nSPS) is 17.2. The molecular formula is C20H21ClN2O4S2. The molecule has 0 unspecified atom stereocenters. The first kappa shape index (κ1) is 21.7. The van der Waals surface area contributed by atoms with E-state index in [1.54, 1.807) is 32.0 Å². The summed E-state index contributed by atoms with van der Waals surface area (Å²) in [6.45, 7) is 5.22. The van der Waals surface area contributed by atoms with Gasteiger partial charge in [-0.05, 0) is 49.7 Å². The highest BCUT2D eigenvalue weighted by Gasteiger charge is 2.27. The quantitative estimate of drug-likeness (QED) is 0.711. The van der Waals surface area contributed by atoms with E-state index in [1.807, 2.05) is 13.0 Å². The van der Waals surface area contributed by atoms with Crippen LogP contribution in [0.1, 0.15) is 19.4 Å². The Morgan fingerprint density at radius 2 is 2.00 bits per heavy atom. The fraction of sp³-hybridized carbons (Fsp3) is 0.300. The molecule has 29 heavy (non-hydrogen) atoms. The Kier molecular flexibility index (Phi) is 6.26. The second-order valence-electron chi connectivity index (χ2n) is 7.06. The SMILES string of the molecule is Cc1ccc(NC(=O)[C@H](C)CS(=O)(=O)c2ccc3c(c2)NC(=O)[C@@H](C)S3)c(Cl)c1. The molecule has 0 bridgehead atoms. The summed E-state index contributed by atoms with van der Waals surface area (Å²) in [5.41, 5.74) is 1.87. The summed E-state index contributed by atoms with van der Waals surface area (Å²) in [6, 6.07) is 9.85. The Morgan fingerprint density at radius 1 is 1.28 bits per heavy atom. The molecule has 0 saturated carbocycles. The third-order valence-corrected chi connectivity index (χ3v) is 7.94. The van der Waals surface area contributed by atoms with Crippen LogP contribution in [0.2, 0.25) is 5.02 Å². The van der Waals surface area contributed by atoms with Gasteiger partial charge in [-0.25, -0.2) is 8.42 Å². The van der Waals surface area contributed by atoms with Crippen molar-refractivity contribution in [1.82, 2.24) is 0 Å². The molecular weight excluding hydrogens is 432 g/mol. The molecule has 2 N–H and O–H groups in total. The van der Waals surface area contributed by atoms with E-state index in [9.17, 15) is 18.0 Å². The number of benzene rings is 2. The zero-order valence-electron chi connectivity index (χ0n) is 16.2. The van der Waals surface area contributed by atoms with E-state index in [0.29, 0.717) is 16.4 Å². The molecule has 1 aliphatic rings. The Balaban J connectivity index is 1.74. The summed E-state index contributed by atoms with van der Waals surface area (Å²) in [5, 5.41) is 5.56. The summed E-state index contributed by atoms with van der Waals surface area (Å²) in [7, 11) is -3.73. The zero-order chi connectivity index (χ0) is 21.3. The predicted octanol–water partition coefficient (Wildman–Crippen LogP) is 4.13. The van der Waals surface area contributed by atoms with Crippen molar-refractivity contribution in [3.05, 3.63) is 47.0 Å². The van der Waals surface area contributed by atoms with Gasteiger partial charge in [0.25, 0.3) is 0 Å². The van der Waals surface area contributed by atoms with Gasteiger partial charge >= 0.3 is 0 Å². The van der Waals surface area contributed by atoms with Gasteiger partial charge in [-0.2, -0.15) is 0 Å². The minimum Gasteiger partial charge on any atom is -0.325 e. The number of amides is 2. The molecule has 0 aliphatic carbocycles. The average Bonchev–Trinajstić information content (AvgIpc) is 2.64. The van der Waals surface area contributed by atoms with E-state index in [-0.39, 0.29) is 21.8 Å². The summed E-state index contributed by atoms with van der Waals surface area (Å²) in [6.07, 6.45) is 0. The molecule has 6 nitrogen and oxygen atoms in total. The lowest BCUT2D eigenvalue weighted by Crippen LogP contribution is -2.28. The van der Waals surface area contributed by atoms with Crippen LogP contribution in [0.3, 0.4) is 0 Å². The molecule has 154 valence electrons. The highest BCUT2D eigenvalue weighted by atomic mass is 35.5. The number of sulfone groups is 1. The lowest BCUT2D eigenvalue weighted by Gasteiger charge is -2.22. The van der Waals surface area contributed by atoms with E-state index in [1.165, 1.54) is 23.9 Å². The molecule has 0 saturated heterocycles. The zero-order valence-corrected chi connectivity index (χ0v) is 18.5. The van der Waals surface area contributed by atoms with Crippen molar-refractivity contribution in [3.8, 4) is 0 Å². The van der Waals surface area contributed by atoms with Crippen LogP contribution in [0.25, 0.3) is 0 Å². The van der Waals surface area contributed by atoms with Gasteiger partial charge in [-0.15, -0.1) is 11.8 Å². The van der Waals surface area contributed by atoms with Gasteiger partial charge in [0.2, 0.25) is 11.8 Å². The van der Waals surface area contributed by atoms with Gasteiger partial charge in [-0.3, -0.25) is 9.59 Å². The van der Waals surface area contributed by atoms with Crippen molar-refractivity contribution in [2.45, 2.75) is 35.8 Å². The molecule has 2 atom stereocenters. The van der Waals surface area contributed by atoms with Gasteiger partial charge in [0, 0.05) is 10.8 Å². The minimum absolute atomic E-state index is 0.0692. The van der Waals surface area contributed by atoms with E-state index < -0.39 is 21.7 Å². The molecule has 2 amide bonds. The summed E-state index contributed by atoms with van der Waals surface area (Å²) < 4.78 is 25.6. The fourth-order valence-electron chi connectivity index (χ4n) is 2.86. The van der Waals surface area contributed by atoms with Crippen LogP contribution in [0.15, 0.2) is 46.2 Å². The summed E-state index contributed by atoms with van der Waals surface area (Å²) in [5.74, 6) is -1.76. The number of rotatable bonds is 5. The van der Waals surface area contributed by atoms with Gasteiger partial charge in [0.05, 0.1) is 32.3 Å². The molecule has 1 heterocycles. The van der Waals surface area contributed by atoms with Gasteiger partial charge in [0.15, 0.2) is 9.84 Å². The van der Waals surface area contributed by atoms with E-state index >= 15 is 0 Å². The van der Waals surface area contributed by atoms with Crippen molar-refractivity contribution in [3.63, 3.8) is 0 Å². The number of anilines is 2. The highest BCUT2D eigenvalue weighted by molar-refractivity contribution is 8.01. The molecule has 2 aromatic rings. The molecule has 2 aromatic carbocycles. The lowest BCUT2D eigenvalue weighted by molar-refractivity contribution is -0.119. The van der Waals surface area contributed by atoms with Crippen LogP contribution < -0.4 is 10.6 Å². The minimum atomic E-state index is -3.73. The number of nitrogens with one attached hydrogen (secondary N) is 2. The Labute approximate surface area is 179 Å². The van der Waals surface area contributed by atoms with Crippen molar-refractivity contribution in [2.75, 3.05) is 16.4 Å². The van der Waals surface area contributed by atoms with Crippen LogP contribution >= 0.6 is 23.4 Å². The first-order valence-electron chi connectivity index (χ1n) is 8.98. The molecule has 1 aliphatic heterocycles. The number of aryl methyl sites for hydroxylation is 1. The van der Waals surface area contributed by atoms with Gasteiger partial charge < -0.3 is 10.6 Å². The Morgan fingerprint density at radius 3 is 2.69 bits per heavy atom. The van der Waals surface area contributed by atoms with Crippen molar-refractivity contribution >= 4 is 56.4 Å². The fourth-order valence-corrected chi connectivity index (χ4v) is 5.65. The number of hydrogen-bond donors (Lipinski definition) is 2. The molecule has 3 rings (SSSR count). The van der Waals surface area contributed by atoms with E-state index in [0.717, 1.165) is 10.5 Å².